The number of urea groups is 1. The lowest BCUT2D eigenvalue weighted by molar-refractivity contribution is 0.0373. The molecule has 12 heteroatoms. The topological polar surface area (TPSA) is 128 Å². The molecule has 0 bridgehead atoms. The largest absolute Gasteiger partial charge is 0.485 e. The second-order valence-electron chi connectivity index (χ2n) is 11.2. The highest BCUT2D eigenvalue weighted by Gasteiger charge is 2.35. The summed E-state index contributed by atoms with van der Waals surface area (Å²) < 4.78 is 48.9. The normalized spacial score (nSPS) is 17.4. The molecule has 3 amide bonds. The number of halogens is 1. The van der Waals surface area contributed by atoms with Gasteiger partial charge in [-0.3, -0.25) is 9.52 Å². The molecule has 1 heterocycles. The number of hydrogen-bond donors (Lipinski definition) is 3. The number of carbonyl (C=O) groups is 2. The summed E-state index contributed by atoms with van der Waals surface area (Å²) in [5.74, 6) is -1.38. The van der Waals surface area contributed by atoms with Crippen molar-refractivity contribution < 1.29 is 32.2 Å². The van der Waals surface area contributed by atoms with E-state index in [1.807, 2.05) is 49.4 Å². The molecule has 236 valence electrons. The maximum Gasteiger partial charge on any atom is 0.321 e. The molecule has 0 fully saturated rings. The summed E-state index contributed by atoms with van der Waals surface area (Å²) in [6.45, 7) is 3.60. The van der Waals surface area contributed by atoms with Gasteiger partial charge in [-0.1, -0.05) is 49.4 Å². The predicted octanol–water partition coefficient (Wildman–Crippen LogP) is 5.16. The van der Waals surface area contributed by atoms with Crippen molar-refractivity contribution in [2.75, 3.05) is 36.8 Å². The summed E-state index contributed by atoms with van der Waals surface area (Å²) in [7, 11) is -2.57. The maximum absolute atomic E-state index is 13.7. The molecule has 0 aromatic heterocycles. The van der Waals surface area contributed by atoms with Gasteiger partial charge in [0.2, 0.25) is 0 Å². The van der Waals surface area contributed by atoms with E-state index in [4.69, 9.17) is 4.74 Å². The molecule has 1 aliphatic rings. The first-order valence-corrected chi connectivity index (χ1v) is 16.0. The van der Waals surface area contributed by atoms with E-state index in [1.54, 1.807) is 14.0 Å². The number of ether oxygens (including phenoxy) is 1. The highest BCUT2D eigenvalue weighted by Crippen LogP contribution is 2.36. The average molecular weight is 635 g/mol. The highest BCUT2D eigenvalue weighted by molar-refractivity contribution is 7.92. The third-order valence-corrected chi connectivity index (χ3v) is 9.27. The van der Waals surface area contributed by atoms with Crippen LogP contribution in [0.25, 0.3) is 10.8 Å². The number of para-hydroxylation sites is 1. The van der Waals surface area contributed by atoms with Crippen LogP contribution < -0.4 is 14.8 Å². The molecule has 0 spiro atoms. The average Bonchev–Trinajstić information content (AvgIpc) is 3.02. The van der Waals surface area contributed by atoms with Gasteiger partial charge in [-0.25, -0.2) is 17.6 Å². The van der Waals surface area contributed by atoms with E-state index in [1.165, 1.54) is 28.0 Å². The van der Waals surface area contributed by atoms with Crippen molar-refractivity contribution in [3.05, 3.63) is 96.3 Å². The Morgan fingerprint density at radius 1 is 1.04 bits per heavy atom. The van der Waals surface area contributed by atoms with Gasteiger partial charge in [-0.05, 0) is 54.8 Å². The zero-order valence-corrected chi connectivity index (χ0v) is 25.9. The Kier molecular flexibility index (Phi) is 9.26. The number of hydrogen-bond acceptors (Lipinski definition) is 6. The summed E-state index contributed by atoms with van der Waals surface area (Å²) in [6, 6.07) is 21.3. The number of fused-ring (bicyclic) bond motifs is 2. The van der Waals surface area contributed by atoms with Crippen LogP contribution in [0, 0.1) is 11.7 Å². The molecule has 4 aromatic rings. The number of aliphatic hydroxyl groups is 1. The Labute approximate surface area is 261 Å². The number of benzene rings is 4. The van der Waals surface area contributed by atoms with Crippen LogP contribution in [0.3, 0.4) is 0 Å². The first-order chi connectivity index (χ1) is 21.5. The molecule has 0 unspecified atom stereocenters. The monoisotopic (exact) mass is 634 g/mol. The first-order valence-electron chi connectivity index (χ1n) is 14.5. The Morgan fingerprint density at radius 3 is 2.44 bits per heavy atom. The number of aliphatic hydroxyl groups excluding tert-OH is 1. The third-order valence-electron chi connectivity index (χ3n) is 7.89. The second-order valence-corrected chi connectivity index (χ2v) is 12.9. The summed E-state index contributed by atoms with van der Waals surface area (Å²) in [6.07, 6.45) is -0.690. The number of likely N-dealkylation sites (N-methyl/N-ethyl adjacent to an activating group) is 1. The van der Waals surface area contributed by atoms with E-state index in [-0.39, 0.29) is 53.5 Å². The summed E-state index contributed by atoms with van der Waals surface area (Å²) in [5.41, 5.74) is 0.742. The Bertz CT molecular complexity index is 1810. The number of sulfonamides is 1. The molecule has 3 N–H and O–H groups in total. The molecule has 0 saturated heterocycles. The van der Waals surface area contributed by atoms with Crippen LogP contribution in [0.15, 0.2) is 89.8 Å². The standard InChI is InChI=1S/C33H35FN4O6S/c1-21-18-38(22(2)20-39)32(40)27-11-7-13-29(36-45(42,43)25-16-14-24(34)15-17-25)31(27)44-30(21)19-37(3)33(41)35-28-12-6-9-23-8-4-5-10-26(23)28/h4-17,21-22,30,36,39H,18-20H2,1-3H3,(H,35,41)/t21-,22-,30+/m1/s1. The van der Waals surface area contributed by atoms with E-state index in [9.17, 15) is 27.5 Å². The molecule has 1 aliphatic heterocycles. The Morgan fingerprint density at radius 2 is 1.71 bits per heavy atom. The van der Waals surface area contributed by atoms with Gasteiger partial charge in [0.25, 0.3) is 15.9 Å². The number of amides is 3. The van der Waals surface area contributed by atoms with Crippen LogP contribution in [0.5, 0.6) is 5.75 Å². The van der Waals surface area contributed by atoms with Gasteiger partial charge < -0.3 is 25.0 Å². The van der Waals surface area contributed by atoms with Crippen LogP contribution in [0.4, 0.5) is 20.6 Å². The van der Waals surface area contributed by atoms with E-state index in [0.29, 0.717) is 5.69 Å². The van der Waals surface area contributed by atoms with Crippen LogP contribution in [0.2, 0.25) is 0 Å². The highest BCUT2D eigenvalue weighted by atomic mass is 32.2. The minimum Gasteiger partial charge on any atom is -0.485 e. The molecule has 10 nitrogen and oxygen atoms in total. The van der Waals surface area contributed by atoms with Gasteiger partial charge in [0.05, 0.1) is 41.0 Å². The second kappa shape index (κ2) is 13.1. The summed E-state index contributed by atoms with van der Waals surface area (Å²) in [4.78, 5) is 29.9. The molecular formula is C33H35FN4O6S. The van der Waals surface area contributed by atoms with Crippen molar-refractivity contribution in [3.63, 3.8) is 0 Å². The third kappa shape index (κ3) is 6.86. The van der Waals surface area contributed by atoms with Gasteiger partial charge in [-0.2, -0.15) is 0 Å². The van der Waals surface area contributed by atoms with Crippen molar-refractivity contribution in [2.45, 2.75) is 30.9 Å². The Hall–Kier alpha value is -4.68. The minimum atomic E-state index is -4.19. The minimum absolute atomic E-state index is 0.00346. The van der Waals surface area contributed by atoms with Crippen molar-refractivity contribution in [1.82, 2.24) is 9.80 Å². The van der Waals surface area contributed by atoms with E-state index in [2.05, 4.69) is 10.0 Å². The van der Waals surface area contributed by atoms with Gasteiger partial charge >= 0.3 is 6.03 Å². The zero-order valence-electron chi connectivity index (χ0n) is 25.1. The van der Waals surface area contributed by atoms with Crippen molar-refractivity contribution in [3.8, 4) is 5.75 Å². The summed E-state index contributed by atoms with van der Waals surface area (Å²) >= 11 is 0. The number of nitrogens with zero attached hydrogens (tertiary/aromatic N) is 2. The fourth-order valence-corrected chi connectivity index (χ4v) is 6.32. The summed E-state index contributed by atoms with van der Waals surface area (Å²) in [5, 5.41) is 14.8. The van der Waals surface area contributed by atoms with Gasteiger partial charge in [0, 0.05) is 24.9 Å². The molecule has 0 saturated carbocycles. The first kappa shape index (κ1) is 31.7. The van der Waals surface area contributed by atoms with Gasteiger partial charge in [0.15, 0.2) is 5.75 Å². The van der Waals surface area contributed by atoms with Crippen molar-refractivity contribution >= 4 is 44.1 Å². The van der Waals surface area contributed by atoms with Crippen molar-refractivity contribution in [1.29, 1.82) is 0 Å². The molecule has 4 aromatic carbocycles. The molecule has 5 rings (SSSR count). The van der Waals surface area contributed by atoms with E-state index in [0.717, 1.165) is 35.0 Å². The van der Waals surface area contributed by atoms with Gasteiger partial charge in [-0.15, -0.1) is 0 Å². The zero-order chi connectivity index (χ0) is 32.3. The smallest absolute Gasteiger partial charge is 0.321 e. The van der Waals surface area contributed by atoms with Gasteiger partial charge in [0.1, 0.15) is 11.9 Å². The molecular weight excluding hydrogens is 599 g/mol. The van der Waals surface area contributed by atoms with Crippen LogP contribution in [0.1, 0.15) is 24.2 Å². The fourth-order valence-electron chi connectivity index (χ4n) is 5.26. The van der Waals surface area contributed by atoms with E-state index >= 15 is 0 Å². The predicted molar refractivity (Wildman–Crippen MR) is 170 cm³/mol. The van der Waals surface area contributed by atoms with E-state index < -0.39 is 33.9 Å². The van der Waals surface area contributed by atoms with Crippen LogP contribution in [-0.2, 0) is 10.0 Å². The Balaban J connectivity index is 1.47. The molecule has 3 atom stereocenters. The van der Waals surface area contributed by atoms with Crippen LogP contribution in [-0.4, -0.2) is 74.2 Å². The lowest BCUT2D eigenvalue weighted by Crippen LogP contribution is -2.50. The van der Waals surface area contributed by atoms with Crippen LogP contribution >= 0.6 is 0 Å². The maximum atomic E-state index is 13.7. The number of nitrogens with one attached hydrogen (secondary N) is 2. The lowest BCUT2D eigenvalue weighted by atomic mass is 9.99. The lowest BCUT2D eigenvalue weighted by Gasteiger charge is -2.38. The number of carbonyl (C=O) groups excluding carboxylic acids is 2. The molecule has 0 aliphatic carbocycles. The fraction of sp³-hybridized carbons (Fsp3) is 0.273. The SMILES string of the molecule is C[C@@H]1CN([C@H](C)CO)C(=O)c2cccc(NS(=O)(=O)c3ccc(F)cc3)c2O[C@H]1CN(C)C(=O)Nc1cccc2ccccc12. The molecule has 45 heavy (non-hydrogen) atoms. The quantitative estimate of drug-likeness (QED) is 0.246. The van der Waals surface area contributed by atoms with Crippen molar-refractivity contribution in [2.24, 2.45) is 5.92 Å². The number of rotatable bonds is 8. The number of anilines is 2. The molecule has 0 radical (unpaired) electrons.